The summed E-state index contributed by atoms with van der Waals surface area (Å²) in [6.07, 6.45) is 2.75. The molecule has 1 aromatic heterocycles. The number of hydrogen-bond acceptors (Lipinski definition) is 3. The number of ketones is 1. The van der Waals surface area contributed by atoms with E-state index in [-0.39, 0.29) is 29.3 Å². The van der Waals surface area contributed by atoms with Crippen molar-refractivity contribution in [3.8, 4) is 0 Å². The molecule has 0 aliphatic rings. The van der Waals surface area contributed by atoms with Crippen molar-refractivity contribution in [1.29, 1.82) is 5.41 Å². The van der Waals surface area contributed by atoms with E-state index in [2.05, 4.69) is 6.92 Å². The predicted molar refractivity (Wildman–Crippen MR) is 68.3 cm³/mol. The molecule has 18 heavy (non-hydrogen) atoms. The van der Waals surface area contributed by atoms with Gasteiger partial charge in [0.25, 0.3) is 0 Å². The quantitative estimate of drug-likeness (QED) is 0.755. The molecule has 0 aliphatic heterocycles. The number of carbonyl (C=O) groups is 1. The molecule has 3 nitrogen and oxygen atoms in total. The van der Waals surface area contributed by atoms with Crippen LogP contribution in [0.1, 0.15) is 22.8 Å². The van der Waals surface area contributed by atoms with Gasteiger partial charge in [-0.05, 0) is 12.0 Å². The second kappa shape index (κ2) is 6.66. The summed E-state index contributed by atoms with van der Waals surface area (Å²) >= 11 is 1.33. The molecule has 5 heteroatoms. The van der Waals surface area contributed by atoms with Gasteiger partial charge in [0, 0.05) is 17.1 Å². The van der Waals surface area contributed by atoms with E-state index < -0.39 is 0 Å². The maximum atomic E-state index is 12.0. The highest BCUT2D eigenvalue weighted by molar-refractivity contribution is 7.06. The van der Waals surface area contributed by atoms with Crippen LogP contribution in [-0.2, 0) is 13.0 Å². The van der Waals surface area contributed by atoms with Gasteiger partial charge in [0.05, 0.1) is 6.54 Å². The van der Waals surface area contributed by atoms with E-state index in [1.165, 1.54) is 16.9 Å². The van der Waals surface area contributed by atoms with E-state index in [4.69, 9.17) is 5.41 Å². The minimum Gasteiger partial charge on any atom is -1.00 e. The summed E-state index contributed by atoms with van der Waals surface area (Å²) in [5.41, 5.74) is 1.94. The fourth-order valence-electron chi connectivity index (χ4n) is 1.60. The van der Waals surface area contributed by atoms with Crippen LogP contribution in [0.5, 0.6) is 0 Å². The van der Waals surface area contributed by atoms with Gasteiger partial charge < -0.3 is 21.5 Å². The summed E-state index contributed by atoms with van der Waals surface area (Å²) in [5.74, 6) is 0.0459. The molecule has 0 saturated carbocycles. The predicted octanol–water partition coefficient (Wildman–Crippen LogP) is -0.522. The molecule has 0 spiro atoms. The normalized spacial score (nSPS) is 9.83. The maximum absolute atomic E-state index is 12.0. The van der Waals surface area contributed by atoms with Crippen LogP contribution in [0, 0.1) is 5.41 Å². The second-order valence-corrected chi connectivity index (χ2v) is 4.70. The number of aromatic nitrogens is 1. The van der Waals surface area contributed by atoms with E-state index in [0.717, 1.165) is 6.42 Å². The molecule has 0 atom stereocenters. The molecule has 0 bridgehead atoms. The Morgan fingerprint density at radius 2 is 2.00 bits per heavy atom. The number of nitrogens with one attached hydrogen (secondary N) is 1. The molecule has 0 unspecified atom stereocenters. The second-order valence-electron chi connectivity index (χ2n) is 3.81. The third-order valence-corrected chi connectivity index (χ3v) is 3.40. The Bertz CT molecular complexity index is 571. The number of aryl methyl sites for hydroxylation is 1. The zero-order valence-corrected chi connectivity index (χ0v) is 12.4. The first-order chi connectivity index (χ1) is 8.20. The molecular formula is C13H14BrN2OS-. The standard InChI is InChI=1S/C13H14N2OS.BrH/c1-2-10-3-5-11(6-4-10)12(16)9-15-7-8-17-13(15)14;/h3-8,14H,2,9H2,1H3;1H/p-1. The number of hydrogen-bond donors (Lipinski definition) is 1. The summed E-state index contributed by atoms with van der Waals surface area (Å²) in [6.45, 7) is 2.33. The Morgan fingerprint density at radius 1 is 1.33 bits per heavy atom. The van der Waals surface area contributed by atoms with Gasteiger partial charge in [0.1, 0.15) is 0 Å². The first kappa shape index (κ1) is 14.9. The van der Waals surface area contributed by atoms with E-state index >= 15 is 0 Å². The molecule has 2 rings (SSSR count). The Balaban J connectivity index is 0.00000162. The number of Topliss-reactive ketones (excluding diaryl/α,β-unsaturated/α-hetero) is 1. The van der Waals surface area contributed by atoms with Crippen LogP contribution in [0.4, 0.5) is 0 Å². The van der Waals surface area contributed by atoms with Crippen LogP contribution >= 0.6 is 11.3 Å². The molecule has 1 heterocycles. The van der Waals surface area contributed by atoms with E-state index in [9.17, 15) is 4.79 Å². The number of nitrogens with zero attached hydrogens (tertiary/aromatic N) is 1. The molecule has 0 radical (unpaired) electrons. The molecule has 1 aromatic carbocycles. The molecule has 1 N–H and O–H groups in total. The third kappa shape index (κ3) is 3.40. The van der Waals surface area contributed by atoms with Gasteiger partial charge in [-0.15, -0.1) is 11.3 Å². The Labute approximate surface area is 120 Å². The smallest absolute Gasteiger partial charge is 0.182 e. The number of halogens is 1. The van der Waals surface area contributed by atoms with Crippen molar-refractivity contribution in [3.05, 3.63) is 51.8 Å². The Morgan fingerprint density at radius 3 is 2.50 bits per heavy atom. The number of carbonyl (C=O) groups excluding carboxylic acids is 1. The van der Waals surface area contributed by atoms with Gasteiger partial charge in [-0.3, -0.25) is 10.2 Å². The first-order valence-electron chi connectivity index (χ1n) is 5.51. The minimum absolute atomic E-state index is 0. The van der Waals surface area contributed by atoms with Gasteiger partial charge in [-0.25, -0.2) is 0 Å². The van der Waals surface area contributed by atoms with E-state index in [1.807, 2.05) is 29.6 Å². The lowest BCUT2D eigenvalue weighted by Gasteiger charge is -2.03. The Kier molecular flexibility index (Phi) is 5.50. The van der Waals surface area contributed by atoms with Crippen LogP contribution in [0.3, 0.4) is 0 Å². The zero-order chi connectivity index (χ0) is 12.3. The molecule has 0 aliphatic carbocycles. The van der Waals surface area contributed by atoms with Gasteiger partial charge in [0.15, 0.2) is 10.6 Å². The molecule has 2 aromatic rings. The van der Waals surface area contributed by atoms with Crippen LogP contribution in [0.25, 0.3) is 0 Å². The number of rotatable bonds is 4. The summed E-state index contributed by atoms with van der Waals surface area (Å²) in [4.78, 5) is 12.4. The number of thiazole rings is 1. The molecule has 96 valence electrons. The van der Waals surface area contributed by atoms with Crippen molar-refractivity contribution in [2.45, 2.75) is 19.9 Å². The van der Waals surface area contributed by atoms with Gasteiger partial charge in [-0.2, -0.15) is 0 Å². The van der Waals surface area contributed by atoms with Gasteiger partial charge >= 0.3 is 0 Å². The number of benzene rings is 1. The lowest BCUT2D eigenvalue weighted by atomic mass is 10.1. The Hall–Kier alpha value is -1.20. The summed E-state index contributed by atoms with van der Waals surface area (Å²) in [7, 11) is 0. The van der Waals surface area contributed by atoms with Crippen LogP contribution in [0.15, 0.2) is 35.8 Å². The van der Waals surface area contributed by atoms with Crippen molar-refractivity contribution in [1.82, 2.24) is 4.57 Å². The van der Waals surface area contributed by atoms with Crippen LogP contribution < -0.4 is 21.8 Å². The monoisotopic (exact) mass is 325 g/mol. The SMILES string of the molecule is CCc1ccc(C(=O)Cn2ccsc2=N)cc1.[Br-]. The fourth-order valence-corrected chi connectivity index (χ4v) is 2.20. The highest BCUT2D eigenvalue weighted by Crippen LogP contribution is 2.06. The maximum Gasteiger partial charge on any atom is 0.182 e. The van der Waals surface area contributed by atoms with Crippen molar-refractivity contribution >= 4 is 17.1 Å². The van der Waals surface area contributed by atoms with Crippen molar-refractivity contribution in [2.75, 3.05) is 0 Å². The summed E-state index contributed by atoms with van der Waals surface area (Å²) in [6, 6.07) is 7.68. The highest BCUT2D eigenvalue weighted by Gasteiger charge is 2.06. The summed E-state index contributed by atoms with van der Waals surface area (Å²) < 4.78 is 1.65. The topological polar surface area (TPSA) is 45.9 Å². The van der Waals surface area contributed by atoms with Crippen LogP contribution in [-0.4, -0.2) is 10.4 Å². The van der Waals surface area contributed by atoms with Crippen molar-refractivity contribution in [3.63, 3.8) is 0 Å². The van der Waals surface area contributed by atoms with Gasteiger partial charge in [0.2, 0.25) is 0 Å². The molecule has 0 amide bonds. The average molecular weight is 326 g/mol. The minimum atomic E-state index is 0. The average Bonchev–Trinajstić information content (AvgIpc) is 2.75. The fraction of sp³-hybridized carbons (Fsp3) is 0.231. The first-order valence-corrected chi connectivity index (χ1v) is 6.39. The molecular weight excluding hydrogens is 312 g/mol. The summed E-state index contributed by atoms with van der Waals surface area (Å²) in [5, 5.41) is 9.42. The van der Waals surface area contributed by atoms with Crippen molar-refractivity contribution < 1.29 is 21.8 Å². The molecule has 0 saturated heterocycles. The van der Waals surface area contributed by atoms with E-state index in [0.29, 0.717) is 10.4 Å². The third-order valence-electron chi connectivity index (χ3n) is 2.68. The van der Waals surface area contributed by atoms with Crippen LogP contribution in [0.2, 0.25) is 0 Å². The lowest BCUT2D eigenvalue weighted by Crippen LogP contribution is -3.00. The largest absolute Gasteiger partial charge is 1.00 e. The molecule has 0 fully saturated rings. The van der Waals surface area contributed by atoms with Gasteiger partial charge in [-0.1, -0.05) is 31.2 Å². The highest BCUT2D eigenvalue weighted by atomic mass is 79.9. The van der Waals surface area contributed by atoms with Crippen molar-refractivity contribution in [2.24, 2.45) is 0 Å². The zero-order valence-electron chi connectivity index (χ0n) is 10.0. The van der Waals surface area contributed by atoms with E-state index in [1.54, 1.807) is 10.8 Å². The lowest BCUT2D eigenvalue weighted by molar-refractivity contribution is -0.0000117.